The summed E-state index contributed by atoms with van der Waals surface area (Å²) >= 11 is 1.51. The molecule has 2 amide bonds. The first-order chi connectivity index (χ1) is 10.6. The van der Waals surface area contributed by atoms with Gasteiger partial charge in [-0.05, 0) is 36.6 Å². The lowest BCUT2D eigenvalue weighted by molar-refractivity contribution is -0.136. The Morgan fingerprint density at radius 2 is 2.27 bits per heavy atom. The third-order valence-corrected chi connectivity index (χ3v) is 5.32. The molecule has 0 spiro atoms. The number of hydrogen-bond donors (Lipinski definition) is 1. The van der Waals surface area contributed by atoms with Gasteiger partial charge in [0.2, 0.25) is 5.91 Å². The maximum Gasteiger partial charge on any atom is 0.252 e. The summed E-state index contributed by atoms with van der Waals surface area (Å²) in [5, 5.41) is 6.72. The lowest BCUT2D eigenvalue weighted by Crippen LogP contribution is -2.51. The van der Waals surface area contributed by atoms with E-state index in [0.717, 1.165) is 31.4 Å². The van der Waals surface area contributed by atoms with Crippen LogP contribution in [0.2, 0.25) is 0 Å². The zero-order chi connectivity index (χ0) is 15.7. The van der Waals surface area contributed by atoms with Gasteiger partial charge in [-0.15, -0.1) is 0 Å². The maximum absolute atomic E-state index is 12.5. The second-order valence-electron chi connectivity index (χ2n) is 6.45. The van der Waals surface area contributed by atoms with Crippen molar-refractivity contribution in [1.29, 1.82) is 0 Å². The molecule has 0 radical (unpaired) electrons. The van der Waals surface area contributed by atoms with Crippen molar-refractivity contribution in [3.63, 3.8) is 0 Å². The number of piperidine rings is 1. The van der Waals surface area contributed by atoms with Gasteiger partial charge in [-0.3, -0.25) is 9.59 Å². The van der Waals surface area contributed by atoms with Gasteiger partial charge in [0.1, 0.15) is 0 Å². The molecule has 118 valence electrons. The highest BCUT2D eigenvalue weighted by atomic mass is 32.1. The molecule has 5 heteroatoms. The average Bonchev–Trinajstić information content (AvgIpc) is 3.01. The average molecular weight is 318 g/mol. The van der Waals surface area contributed by atoms with Crippen molar-refractivity contribution in [3.8, 4) is 0 Å². The zero-order valence-corrected chi connectivity index (χ0v) is 13.7. The Morgan fingerprint density at radius 1 is 1.50 bits per heavy atom. The summed E-state index contributed by atoms with van der Waals surface area (Å²) in [7, 11) is 0. The van der Waals surface area contributed by atoms with Gasteiger partial charge in [0.15, 0.2) is 0 Å². The summed E-state index contributed by atoms with van der Waals surface area (Å²) in [4.78, 5) is 26.6. The number of likely N-dealkylation sites (tertiary alicyclic amines) is 1. The fourth-order valence-electron chi connectivity index (χ4n) is 3.11. The molecule has 2 aliphatic rings. The van der Waals surface area contributed by atoms with Crippen LogP contribution >= 0.6 is 11.3 Å². The molecule has 1 aliphatic heterocycles. The summed E-state index contributed by atoms with van der Waals surface area (Å²) in [5.74, 6) is 0.771. The van der Waals surface area contributed by atoms with Crippen LogP contribution in [-0.2, 0) is 4.79 Å². The Labute approximate surface area is 135 Å². The molecule has 4 nitrogen and oxygen atoms in total. The molecule has 1 aromatic heterocycles. The third kappa shape index (κ3) is 3.24. The number of hydrogen-bond acceptors (Lipinski definition) is 3. The number of rotatable bonds is 4. The van der Waals surface area contributed by atoms with E-state index >= 15 is 0 Å². The van der Waals surface area contributed by atoms with Crippen molar-refractivity contribution < 1.29 is 9.59 Å². The Balaban J connectivity index is 1.61. The van der Waals surface area contributed by atoms with Gasteiger partial charge in [0, 0.05) is 30.1 Å². The number of amides is 2. The Bertz CT molecular complexity index is 581. The summed E-state index contributed by atoms with van der Waals surface area (Å²) in [5.41, 5.74) is 1.74. The minimum absolute atomic E-state index is 0.0310. The number of carbonyl (C=O) groups is 2. The van der Waals surface area contributed by atoms with Gasteiger partial charge in [0.25, 0.3) is 5.91 Å². The van der Waals surface area contributed by atoms with Gasteiger partial charge in [-0.25, -0.2) is 0 Å². The van der Waals surface area contributed by atoms with E-state index in [1.165, 1.54) is 11.3 Å². The first kappa shape index (κ1) is 15.3. The normalized spacial score (nSPS) is 27.6. The van der Waals surface area contributed by atoms with Crippen LogP contribution in [-0.4, -0.2) is 35.8 Å². The highest BCUT2D eigenvalue weighted by Gasteiger charge is 2.41. The minimum Gasteiger partial charge on any atom is -0.350 e. The summed E-state index contributed by atoms with van der Waals surface area (Å²) in [6.45, 7) is 7.44. The molecular formula is C17H22N2O2S. The molecule has 1 aliphatic carbocycles. The second-order valence-corrected chi connectivity index (χ2v) is 7.23. The first-order valence-corrected chi connectivity index (χ1v) is 8.79. The van der Waals surface area contributed by atoms with Crippen LogP contribution in [0.4, 0.5) is 0 Å². The van der Waals surface area contributed by atoms with E-state index in [-0.39, 0.29) is 23.8 Å². The van der Waals surface area contributed by atoms with Crippen LogP contribution in [0, 0.1) is 11.8 Å². The van der Waals surface area contributed by atoms with E-state index in [0.29, 0.717) is 18.0 Å². The second kappa shape index (κ2) is 6.24. The summed E-state index contributed by atoms with van der Waals surface area (Å²) in [6.07, 6.45) is 2.83. The van der Waals surface area contributed by atoms with E-state index in [4.69, 9.17) is 0 Å². The minimum atomic E-state index is -0.0530. The fourth-order valence-corrected chi connectivity index (χ4v) is 3.74. The molecular weight excluding hydrogens is 296 g/mol. The fraction of sp³-hybridized carbons (Fsp3) is 0.529. The largest absolute Gasteiger partial charge is 0.350 e. The van der Waals surface area contributed by atoms with Gasteiger partial charge in [0.05, 0.1) is 5.92 Å². The van der Waals surface area contributed by atoms with Crippen molar-refractivity contribution in [2.75, 3.05) is 13.1 Å². The summed E-state index contributed by atoms with van der Waals surface area (Å²) < 4.78 is 0. The molecule has 1 saturated carbocycles. The summed E-state index contributed by atoms with van der Waals surface area (Å²) in [6, 6.07) is 1.92. The smallest absolute Gasteiger partial charge is 0.252 e. The van der Waals surface area contributed by atoms with Crippen molar-refractivity contribution in [2.24, 2.45) is 11.8 Å². The van der Waals surface area contributed by atoms with Crippen molar-refractivity contribution >= 4 is 23.2 Å². The zero-order valence-electron chi connectivity index (χ0n) is 12.9. The molecule has 22 heavy (non-hydrogen) atoms. The number of nitrogens with zero attached hydrogens (tertiary/aromatic N) is 1. The van der Waals surface area contributed by atoms with Gasteiger partial charge in [-0.1, -0.05) is 19.1 Å². The number of thiophene rings is 1. The topological polar surface area (TPSA) is 49.4 Å². The first-order valence-electron chi connectivity index (χ1n) is 7.84. The van der Waals surface area contributed by atoms with Crippen LogP contribution in [0.5, 0.6) is 0 Å². The lowest BCUT2D eigenvalue weighted by Gasteiger charge is -2.38. The van der Waals surface area contributed by atoms with Gasteiger partial charge >= 0.3 is 0 Å². The quantitative estimate of drug-likeness (QED) is 0.868. The number of carbonyl (C=O) groups excluding carboxylic acids is 2. The van der Waals surface area contributed by atoms with Gasteiger partial charge < -0.3 is 10.2 Å². The van der Waals surface area contributed by atoms with Crippen LogP contribution < -0.4 is 5.32 Å². The number of nitrogens with one attached hydrogen (secondary N) is 1. The van der Waals surface area contributed by atoms with Crippen LogP contribution in [0.15, 0.2) is 29.0 Å². The Morgan fingerprint density at radius 3 is 2.91 bits per heavy atom. The van der Waals surface area contributed by atoms with Crippen LogP contribution in [0.25, 0.3) is 0 Å². The molecule has 2 heterocycles. The van der Waals surface area contributed by atoms with Crippen molar-refractivity contribution in [2.45, 2.75) is 32.2 Å². The molecule has 1 aromatic rings. The SMILES string of the molecule is C=C1CC1C(=O)N1CC[C@@H](C)C[C@H]1CNC(=O)c1ccsc1. The Kier molecular flexibility index (Phi) is 4.34. The van der Waals surface area contributed by atoms with Crippen LogP contribution in [0.3, 0.4) is 0 Å². The van der Waals surface area contributed by atoms with E-state index in [1.807, 2.05) is 21.7 Å². The molecule has 1 N–H and O–H groups in total. The standard InChI is InChI=1S/C17H22N2O2S/c1-11-3-5-19(17(21)15-8-12(15)2)14(7-11)9-18-16(20)13-4-6-22-10-13/h4,6,10-11,14-15H,2-3,5,7-9H2,1H3,(H,18,20)/t11-,14+,15?/m1/s1. The lowest BCUT2D eigenvalue weighted by atomic mass is 9.92. The molecule has 1 unspecified atom stereocenters. The molecule has 2 fully saturated rings. The van der Waals surface area contributed by atoms with Crippen molar-refractivity contribution in [3.05, 3.63) is 34.5 Å². The molecule has 1 saturated heterocycles. The monoisotopic (exact) mass is 318 g/mol. The van der Waals surface area contributed by atoms with E-state index < -0.39 is 0 Å². The van der Waals surface area contributed by atoms with Crippen molar-refractivity contribution in [1.82, 2.24) is 10.2 Å². The van der Waals surface area contributed by atoms with E-state index in [1.54, 1.807) is 0 Å². The van der Waals surface area contributed by atoms with E-state index in [2.05, 4.69) is 18.8 Å². The predicted molar refractivity (Wildman–Crippen MR) is 87.8 cm³/mol. The molecule has 0 bridgehead atoms. The molecule has 3 atom stereocenters. The predicted octanol–water partition coefficient (Wildman–Crippen LogP) is 2.68. The van der Waals surface area contributed by atoms with Crippen LogP contribution in [0.1, 0.15) is 36.5 Å². The van der Waals surface area contributed by atoms with Gasteiger partial charge in [-0.2, -0.15) is 11.3 Å². The third-order valence-electron chi connectivity index (χ3n) is 4.64. The molecule has 0 aromatic carbocycles. The van der Waals surface area contributed by atoms with E-state index in [9.17, 15) is 9.59 Å². The highest BCUT2D eigenvalue weighted by Crippen LogP contribution is 2.39. The maximum atomic E-state index is 12.5. The highest BCUT2D eigenvalue weighted by molar-refractivity contribution is 7.08. The molecule has 3 rings (SSSR count). The Hall–Kier alpha value is -1.62.